The fourth-order valence-corrected chi connectivity index (χ4v) is 5.51. The number of nitrogens with zero attached hydrogens (tertiary/aromatic N) is 2. The molecule has 0 fully saturated rings. The topological polar surface area (TPSA) is 64.3 Å². The zero-order chi connectivity index (χ0) is 29.4. The molecule has 0 aliphatic rings. The second kappa shape index (κ2) is 11.2. The minimum atomic E-state index is -0.939. The summed E-state index contributed by atoms with van der Waals surface area (Å²) in [6.07, 6.45) is 1.31. The van der Waals surface area contributed by atoms with Crippen molar-refractivity contribution in [3.8, 4) is 5.75 Å². The summed E-state index contributed by atoms with van der Waals surface area (Å²) in [5, 5.41) is 13.0. The van der Waals surface area contributed by atoms with Crippen LogP contribution < -0.4 is 4.74 Å². The van der Waals surface area contributed by atoms with E-state index in [0.29, 0.717) is 24.6 Å². The summed E-state index contributed by atoms with van der Waals surface area (Å²) >= 11 is 6.18. The molecule has 3 aromatic carbocycles. The molecule has 0 atom stereocenters. The molecule has 0 radical (unpaired) electrons. The summed E-state index contributed by atoms with van der Waals surface area (Å²) < 4.78 is 8.57. The third-order valence-corrected chi connectivity index (χ3v) is 8.44. The van der Waals surface area contributed by atoms with E-state index in [1.54, 1.807) is 13.8 Å². The van der Waals surface area contributed by atoms with Crippen LogP contribution in [0.1, 0.15) is 63.6 Å². The molecule has 41 heavy (non-hydrogen) atoms. The van der Waals surface area contributed by atoms with Crippen molar-refractivity contribution in [2.24, 2.45) is 5.41 Å². The molecule has 1 N–H and O–H groups in total. The van der Waals surface area contributed by atoms with E-state index in [4.69, 9.17) is 21.3 Å². The number of hydrogen-bond acceptors (Lipinski definition) is 3. The number of ether oxygens (including phenoxy) is 1. The number of para-hydroxylation sites is 1. The van der Waals surface area contributed by atoms with Crippen LogP contribution in [-0.2, 0) is 29.8 Å². The molecule has 5 rings (SSSR count). The Morgan fingerprint density at radius 1 is 0.976 bits per heavy atom. The van der Waals surface area contributed by atoms with Crippen molar-refractivity contribution in [2.45, 2.75) is 66.0 Å². The molecular weight excluding hydrogens is 532 g/mol. The maximum absolute atomic E-state index is 12.3. The molecule has 0 saturated heterocycles. The SMILES string of the molecule is CCC(C)(C)c1c(CC(C)(C)C(=O)O)n(Cc2ccc(Cl)cc2)c2ccc(OCc3ccc4ccccc4n3)cc12. The van der Waals surface area contributed by atoms with Gasteiger partial charge in [0.1, 0.15) is 12.4 Å². The van der Waals surface area contributed by atoms with Gasteiger partial charge >= 0.3 is 5.97 Å². The number of benzene rings is 3. The predicted octanol–water partition coefficient (Wildman–Crippen LogP) is 8.81. The minimum absolute atomic E-state index is 0.189. The molecule has 0 aliphatic carbocycles. The summed E-state index contributed by atoms with van der Waals surface area (Å²) in [4.78, 5) is 17.0. The number of hydrogen-bond donors (Lipinski definition) is 1. The lowest BCUT2D eigenvalue weighted by atomic mass is 9.77. The van der Waals surface area contributed by atoms with Crippen LogP contribution >= 0.6 is 11.6 Å². The van der Waals surface area contributed by atoms with E-state index in [-0.39, 0.29) is 5.41 Å². The number of carbonyl (C=O) groups is 1. The van der Waals surface area contributed by atoms with Crippen molar-refractivity contribution in [3.05, 3.63) is 106 Å². The molecule has 0 unspecified atom stereocenters. The highest BCUT2D eigenvalue weighted by Gasteiger charge is 2.35. The zero-order valence-electron chi connectivity index (χ0n) is 24.4. The van der Waals surface area contributed by atoms with Crippen LogP contribution in [0.5, 0.6) is 5.75 Å². The quantitative estimate of drug-likeness (QED) is 0.183. The number of aliphatic carboxylic acids is 1. The lowest BCUT2D eigenvalue weighted by Crippen LogP contribution is -2.29. The van der Waals surface area contributed by atoms with Crippen LogP contribution in [0.2, 0.25) is 5.02 Å². The molecule has 2 heterocycles. The zero-order valence-corrected chi connectivity index (χ0v) is 25.1. The van der Waals surface area contributed by atoms with Crippen LogP contribution in [0.3, 0.4) is 0 Å². The molecule has 5 aromatic rings. The van der Waals surface area contributed by atoms with Crippen molar-refractivity contribution < 1.29 is 14.6 Å². The Morgan fingerprint density at radius 2 is 1.71 bits per heavy atom. The number of fused-ring (bicyclic) bond motifs is 2. The lowest BCUT2D eigenvalue weighted by Gasteiger charge is -2.28. The van der Waals surface area contributed by atoms with E-state index in [9.17, 15) is 9.90 Å². The molecule has 0 amide bonds. The van der Waals surface area contributed by atoms with Gasteiger partial charge in [-0.25, -0.2) is 4.98 Å². The molecule has 0 spiro atoms. The van der Waals surface area contributed by atoms with Gasteiger partial charge in [0.05, 0.1) is 16.6 Å². The Labute approximate surface area is 246 Å². The van der Waals surface area contributed by atoms with Crippen LogP contribution in [0, 0.1) is 5.41 Å². The largest absolute Gasteiger partial charge is 0.487 e. The third-order valence-electron chi connectivity index (χ3n) is 8.19. The molecule has 0 bridgehead atoms. The number of pyridine rings is 1. The van der Waals surface area contributed by atoms with Crippen LogP contribution in [0.25, 0.3) is 21.8 Å². The van der Waals surface area contributed by atoms with E-state index >= 15 is 0 Å². The molecule has 0 aliphatic heterocycles. The smallest absolute Gasteiger partial charge is 0.309 e. The fourth-order valence-electron chi connectivity index (χ4n) is 5.39. The van der Waals surface area contributed by atoms with Gasteiger partial charge in [-0.15, -0.1) is 0 Å². The molecule has 2 aromatic heterocycles. The monoisotopic (exact) mass is 568 g/mol. The van der Waals surface area contributed by atoms with Gasteiger partial charge in [0.15, 0.2) is 0 Å². The maximum Gasteiger partial charge on any atom is 0.309 e. The maximum atomic E-state index is 12.3. The summed E-state index contributed by atoms with van der Waals surface area (Å²) in [6, 6.07) is 26.2. The Kier molecular flexibility index (Phi) is 7.85. The van der Waals surface area contributed by atoms with Gasteiger partial charge in [0, 0.05) is 40.0 Å². The van der Waals surface area contributed by atoms with E-state index in [0.717, 1.165) is 50.9 Å². The fraction of sp³-hybridized carbons (Fsp3) is 0.314. The van der Waals surface area contributed by atoms with Crippen molar-refractivity contribution >= 4 is 39.4 Å². The van der Waals surface area contributed by atoms with Crippen LogP contribution in [0.4, 0.5) is 0 Å². The Morgan fingerprint density at radius 3 is 2.41 bits per heavy atom. The van der Waals surface area contributed by atoms with Crippen molar-refractivity contribution in [2.75, 3.05) is 0 Å². The van der Waals surface area contributed by atoms with E-state index < -0.39 is 11.4 Å². The Hall–Kier alpha value is -3.83. The van der Waals surface area contributed by atoms with Gasteiger partial charge in [-0.1, -0.05) is 68.8 Å². The predicted molar refractivity (Wildman–Crippen MR) is 167 cm³/mol. The highest BCUT2D eigenvalue weighted by molar-refractivity contribution is 6.30. The van der Waals surface area contributed by atoms with E-state index in [1.165, 1.54) is 5.56 Å². The summed E-state index contributed by atoms with van der Waals surface area (Å²) in [6.45, 7) is 11.2. The summed E-state index contributed by atoms with van der Waals surface area (Å²) in [5.74, 6) is -0.0544. The second-order valence-corrected chi connectivity index (χ2v) is 12.5. The molecular formula is C35H37ClN2O3. The average Bonchev–Trinajstić information content (AvgIpc) is 3.24. The number of halogens is 1. The first kappa shape index (κ1) is 28.7. The number of carboxylic acids is 1. The Bertz CT molecular complexity index is 1720. The van der Waals surface area contributed by atoms with Gasteiger partial charge < -0.3 is 14.4 Å². The third kappa shape index (κ3) is 5.96. The first-order chi connectivity index (χ1) is 19.5. The number of rotatable bonds is 10. The highest BCUT2D eigenvalue weighted by atomic mass is 35.5. The molecule has 212 valence electrons. The first-order valence-electron chi connectivity index (χ1n) is 14.1. The molecule has 5 nitrogen and oxygen atoms in total. The van der Waals surface area contributed by atoms with E-state index in [1.807, 2.05) is 54.6 Å². The second-order valence-electron chi connectivity index (χ2n) is 12.1. The number of carboxylic acid groups (broad SMARTS) is 1. The molecule has 6 heteroatoms. The van der Waals surface area contributed by atoms with Crippen LogP contribution in [-0.4, -0.2) is 20.6 Å². The normalized spacial score (nSPS) is 12.2. The van der Waals surface area contributed by atoms with Crippen molar-refractivity contribution in [1.29, 1.82) is 0 Å². The summed E-state index contributed by atoms with van der Waals surface area (Å²) in [5.41, 5.74) is 5.06. The summed E-state index contributed by atoms with van der Waals surface area (Å²) in [7, 11) is 0. The standard InChI is InChI=1S/C35H37ClN2O3/c1-6-34(2,3)32-28-19-27(41-22-26-16-13-24-9-7-8-10-29(24)37-26)17-18-30(28)38(21-23-11-14-25(36)15-12-23)31(32)20-35(4,5)33(39)40/h7-19H,6,20-22H2,1-5H3,(H,39,40). The minimum Gasteiger partial charge on any atom is -0.487 e. The van der Waals surface area contributed by atoms with Gasteiger partial charge in [0.2, 0.25) is 0 Å². The van der Waals surface area contributed by atoms with E-state index in [2.05, 4.69) is 49.6 Å². The highest BCUT2D eigenvalue weighted by Crippen LogP contribution is 2.42. The van der Waals surface area contributed by atoms with Crippen LogP contribution in [0.15, 0.2) is 78.9 Å². The Balaban J connectivity index is 1.61. The van der Waals surface area contributed by atoms with Crippen molar-refractivity contribution in [3.63, 3.8) is 0 Å². The first-order valence-corrected chi connectivity index (χ1v) is 14.5. The van der Waals surface area contributed by atoms with Gasteiger partial charge in [0.25, 0.3) is 0 Å². The number of aromatic nitrogens is 2. The van der Waals surface area contributed by atoms with Gasteiger partial charge in [-0.2, -0.15) is 0 Å². The molecule has 0 saturated carbocycles. The average molecular weight is 569 g/mol. The van der Waals surface area contributed by atoms with Gasteiger partial charge in [-0.05, 0) is 79.3 Å². The van der Waals surface area contributed by atoms with Gasteiger partial charge in [-0.3, -0.25) is 4.79 Å². The lowest BCUT2D eigenvalue weighted by molar-refractivity contribution is -0.146. The van der Waals surface area contributed by atoms with Crippen molar-refractivity contribution in [1.82, 2.24) is 9.55 Å².